The van der Waals surface area contributed by atoms with Crippen molar-refractivity contribution in [2.75, 3.05) is 25.1 Å². The molecule has 2 aromatic carbocycles. The van der Waals surface area contributed by atoms with Gasteiger partial charge in [0.15, 0.2) is 0 Å². The molecule has 1 saturated heterocycles. The second-order valence-corrected chi connectivity index (χ2v) is 9.45. The molecule has 0 spiro atoms. The number of carbonyl (C=O) groups excluding carboxylic acids is 3. The number of nitrogens with zero attached hydrogens (tertiary/aromatic N) is 1. The van der Waals surface area contributed by atoms with Gasteiger partial charge in [-0.05, 0) is 67.5 Å². The molecule has 1 aliphatic heterocycles. The van der Waals surface area contributed by atoms with Crippen LogP contribution in [0.15, 0.2) is 48.5 Å². The number of nitrogens with one attached hydrogen (secondary N) is 2. The van der Waals surface area contributed by atoms with Gasteiger partial charge in [-0.3, -0.25) is 14.4 Å². The van der Waals surface area contributed by atoms with Gasteiger partial charge in [-0.25, -0.2) is 0 Å². The van der Waals surface area contributed by atoms with Gasteiger partial charge in [0.2, 0.25) is 5.91 Å². The lowest BCUT2D eigenvalue weighted by Gasteiger charge is -2.26. The summed E-state index contributed by atoms with van der Waals surface area (Å²) in [5.41, 5.74) is 1.81. The molecule has 1 fully saturated rings. The zero-order chi connectivity index (χ0) is 23.6. The van der Waals surface area contributed by atoms with Gasteiger partial charge in [-0.15, -0.1) is 0 Å². The Morgan fingerprint density at radius 3 is 2.55 bits per heavy atom. The zero-order valence-electron chi connectivity index (χ0n) is 18.8. The molecule has 1 heterocycles. The molecule has 8 heteroatoms. The van der Waals surface area contributed by atoms with Crippen molar-refractivity contribution in [3.8, 4) is 0 Å². The summed E-state index contributed by atoms with van der Waals surface area (Å²) >= 11 is 7.73. The Hall–Kier alpha value is -2.51. The van der Waals surface area contributed by atoms with Gasteiger partial charge in [-0.1, -0.05) is 35.9 Å². The number of hydrogen-bond acceptors (Lipinski definition) is 4. The molecule has 0 radical (unpaired) electrons. The van der Waals surface area contributed by atoms with Crippen LogP contribution in [-0.2, 0) is 11.3 Å². The van der Waals surface area contributed by atoms with Crippen molar-refractivity contribution in [2.24, 2.45) is 0 Å². The first-order valence-electron chi connectivity index (χ1n) is 11.2. The van der Waals surface area contributed by atoms with E-state index in [1.165, 1.54) is 6.42 Å². The topological polar surface area (TPSA) is 78.5 Å². The Balaban J connectivity index is 1.62. The number of hydrogen-bond donors (Lipinski definition) is 2. The van der Waals surface area contributed by atoms with Crippen molar-refractivity contribution >= 4 is 41.1 Å². The lowest BCUT2D eigenvalue weighted by molar-refractivity contribution is -0.123. The maximum atomic E-state index is 12.9. The Morgan fingerprint density at radius 1 is 1.06 bits per heavy atom. The van der Waals surface area contributed by atoms with Crippen molar-refractivity contribution in [3.05, 3.63) is 70.2 Å². The third-order valence-electron chi connectivity index (χ3n) is 5.63. The van der Waals surface area contributed by atoms with Crippen LogP contribution in [0.1, 0.15) is 52.0 Å². The highest BCUT2D eigenvalue weighted by molar-refractivity contribution is 7.98. The van der Waals surface area contributed by atoms with Crippen molar-refractivity contribution in [3.63, 3.8) is 0 Å². The minimum Gasteiger partial charge on any atom is -0.350 e. The maximum Gasteiger partial charge on any atom is 0.253 e. The molecule has 0 saturated carbocycles. The van der Waals surface area contributed by atoms with E-state index in [-0.39, 0.29) is 24.3 Å². The summed E-state index contributed by atoms with van der Waals surface area (Å²) in [7, 11) is 0. The van der Waals surface area contributed by atoms with E-state index in [1.807, 2.05) is 35.4 Å². The zero-order valence-corrected chi connectivity index (χ0v) is 20.4. The first-order chi connectivity index (χ1) is 16.0. The molecule has 1 aliphatic rings. The van der Waals surface area contributed by atoms with Gasteiger partial charge in [-0.2, -0.15) is 11.8 Å². The van der Waals surface area contributed by atoms with Crippen molar-refractivity contribution in [1.29, 1.82) is 0 Å². The summed E-state index contributed by atoms with van der Waals surface area (Å²) in [5.74, 6) is 0.113. The van der Waals surface area contributed by atoms with E-state index in [9.17, 15) is 14.4 Å². The van der Waals surface area contributed by atoms with Crippen LogP contribution in [0.3, 0.4) is 0 Å². The number of halogens is 1. The van der Waals surface area contributed by atoms with E-state index < -0.39 is 6.04 Å². The third kappa shape index (κ3) is 7.24. The molecule has 3 amide bonds. The molecule has 176 valence electrons. The van der Waals surface area contributed by atoms with Crippen LogP contribution in [0.2, 0.25) is 5.02 Å². The van der Waals surface area contributed by atoms with Crippen LogP contribution < -0.4 is 10.6 Å². The minimum atomic E-state index is -0.681. The second kappa shape index (κ2) is 12.7. The predicted molar refractivity (Wildman–Crippen MR) is 134 cm³/mol. The fraction of sp³-hybridized carbons (Fsp3) is 0.400. The molecule has 0 aliphatic carbocycles. The van der Waals surface area contributed by atoms with Gasteiger partial charge in [0.1, 0.15) is 6.04 Å². The molecule has 0 bridgehead atoms. The smallest absolute Gasteiger partial charge is 0.253 e. The van der Waals surface area contributed by atoms with Gasteiger partial charge >= 0.3 is 0 Å². The van der Waals surface area contributed by atoms with E-state index >= 15 is 0 Å². The van der Waals surface area contributed by atoms with Gasteiger partial charge in [0.05, 0.1) is 10.6 Å². The van der Waals surface area contributed by atoms with Crippen LogP contribution in [-0.4, -0.2) is 53.8 Å². The van der Waals surface area contributed by atoms with Crippen molar-refractivity contribution < 1.29 is 14.4 Å². The Bertz CT molecular complexity index is 979. The average molecular weight is 488 g/mol. The summed E-state index contributed by atoms with van der Waals surface area (Å²) in [4.78, 5) is 40.2. The largest absolute Gasteiger partial charge is 0.350 e. The highest BCUT2D eigenvalue weighted by atomic mass is 35.5. The quantitative estimate of drug-likeness (QED) is 0.557. The first kappa shape index (κ1) is 25.1. The number of rotatable bonds is 9. The Morgan fingerprint density at radius 2 is 1.82 bits per heavy atom. The summed E-state index contributed by atoms with van der Waals surface area (Å²) in [6.07, 6.45) is 5.70. The van der Waals surface area contributed by atoms with E-state index in [0.29, 0.717) is 22.6 Å². The number of carbonyl (C=O) groups is 3. The summed E-state index contributed by atoms with van der Waals surface area (Å²) in [5, 5.41) is 6.05. The molecule has 6 nitrogen and oxygen atoms in total. The molecule has 3 rings (SSSR count). The molecule has 1 atom stereocenters. The van der Waals surface area contributed by atoms with Crippen LogP contribution in [0.25, 0.3) is 0 Å². The monoisotopic (exact) mass is 487 g/mol. The van der Waals surface area contributed by atoms with Crippen LogP contribution in [0.5, 0.6) is 0 Å². The molecule has 33 heavy (non-hydrogen) atoms. The van der Waals surface area contributed by atoms with E-state index in [2.05, 4.69) is 10.6 Å². The highest BCUT2D eigenvalue weighted by Gasteiger charge is 2.22. The molecular formula is C25H30ClN3O3S. The van der Waals surface area contributed by atoms with Gasteiger partial charge < -0.3 is 15.5 Å². The lowest BCUT2D eigenvalue weighted by atomic mass is 10.1. The molecule has 2 aromatic rings. The maximum absolute atomic E-state index is 12.9. The van der Waals surface area contributed by atoms with Crippen LogP contribution >= 0.6 is 23.4 Å². The van der Waals surface area contributed by atoms with E-state index in [4.69, 9.17) is 11.6 Å². The summed E-state index contributed by atoms with van der Waals surface area (Å²) in [6, 6.07) is 13.4. The van der Waals surface area contributed by atoms with Crippen LogP contribution in [0, 0.1) is 0 Å². The lowest BCUT2D eigenvalue weighted by Crippen LogP contribution is -2.47. The molecule has 0 aromatic heterocycles. The first-order valence-corrected chi connectivity index (χ1v) is 13.0. The average Bonchev–Trinajstić information content (AvgIpc) is 2.85. The fourth-order valence-electron chi connectivity index (χ4n) is 3.79. The van der Waals surface area contributed by atoms with Crippen LogP contribution in [0.4, 0.5) is 0 Å². The number of piperidine rings is 1. The summed E-state index contributed by atoms with van der Waals surface area (Å²) in [6.45, 7) is 1.86. The SMILES string of the molecule is CSCCC(NC(=O)c1ccccc1Cl)C(=O)NCc1cccc(C(=O)N2CCCCC2)c1. The Kier molecular flexibility index (Phi) is 9.63. The number of amides is 3. The fourth-order valence-corrected chi connectivity index (χ4v) is 4.49. The van der Waals surface area contributed by atoms with Gasteiger partial charge in [0, 0.05) is 25.2 Å². The van der Waals surface area contributed by atoms with Crippen molar-refractivity contribution in [2.45, 2.75) is 38.3 Å². The number of benzene rings is 2. The Labute approximate surface area is 204 Å². The third-order valence-corrected chi connectivity index (χ3v) is 6.61. The van der Waals surface area contributed by atoms with Crippen molar-refractivity contribution in [1.82, 2.24) is 15.5 Å². The van der Waals surface area contributed by atoms with E-state index in [0.717, 1.165) is 37.2 Å². The standard InChI is InChI=1S/C25H30ClN3O3S/c1-33-15-12-22(28-23(30)20-10-3-4-11-21(20)26)24(31)27-17-18-8-7-9-19(16-18)25(32)29-13-5-2-6-14-29/h3-4,7-11,16,22H,2,5-6,12-15,17H2,1H3,(H,27,31)(H,28,30). The number of thioether (sulfide) groups is 1. The molecule has 1 unspecified atom stereocenters. The summed E-state index contributed by atoms with van der Waals surface area (Å²) < 4.78 is 0. The number of likely N-dealkylation sites (tertiary alicyclic amines) is 1. The normalized spacial score (nSPS) is 14.4. The van der Waals surface area contributed by atoms with E-state index in [1.54, 1.807) is 36.0 Å². The second-order valence-electron chi connectivity index (χ2n) is 8.06. The van der Waals surface area contributed by atoms with Gasteiger partial charge in [0.25, 0.3) is 11.8 Å². The molecule has 2 N–H and O–H groups in total. The predicted octanol–water partition coefficient (Wildman–Crippen LogP) is 4.13. The minimum absolute atomic E-state index is 0.0349. The molecular weight excluding hydrogens is 458 g/mol. The highest BCUT2D eigenvalue weighted by Crippen LogP contribution is 2.16.